The summed E-state index contributed by atoms with van der Waals surface area (Å²) in [6.45, 7) is 0. The number of halogens is 1. The molecule has 0 fully saturated rings. The quantitative estimate of drug-likeness (QED) is 0.862. The Morgan fingerprint density at radius 1 is 1.15 bits per heavy atom. The van der Waals surface area contributed by atoms with Crippen molar-refractivity contribution >= 4 is 11.6 Å². The molecule has 2 aromatic rings. The Balaban J connectivity index is 1.95. The molecule has 0 saturated heterocycles. The highest BCUT2D eigenvalue weighted by molar-refractivity contribution is 6.31. The van der Waals surface area contributed by atoms with Crippen molar-refractivity contribution in [3.05, 3.63) is 62.3 Å². The number of rotatable bonds is 2. The van der Waals surface area contributed by atoms with Gasteiger partial charge >= 0.3 is 0 Å². The fourth-order valence-corrected chi connectivity index (χ4v) is 2.94. The minimum Gasteiger partial charge on any atom is -0.310 e. The number of aromatic nitrogens is 2. The molecule has 1 aromatic carbocycles. The normalized spacial score (nSPS) is 14.7. The second-order valence-corrected chi connectivity index (χ2v) is 5.67. The van der Waals surface area contributed by atoms with Gasteiger partial charge < -0.3 is 4.98 Å². The van der Waals surface area contributed by atoms with E-state index >= 15 is 0 Å². The molecule has 1 heterocycles. The Morgan fingerprint density at radius 2 is 1.95 bits per heavy atom. The van der Waals surface area contributed by atoms with Crippen LogP contribution in [-0.4, -0.2) is 9.97 Å². The molecule has 4 heteroatoms. The van der Waals surface area contributed by atoms with Crippen LogP contribution in [0.25, 0.3) is 0 Å². The van der Waals surface area contributed by atoms with Crippen molar-refractivity contribution in [1.29, 1.82) is 0 Å². The standard InChI is InChI=1S/C16H17ClN2O/c17-13-8-5-4-6-11(13)10-15-18-14-9-3-1-2-7-12(14)16(20)19-15/h4-6,8H,1-3,7,9-10H2,(H,18,19,20). The molecule has 0 unspecified atom stereocenters. The highest BCUT2D eigenvalue weighted by Gasteiger charge is 2.14. The number of aryl methyl sites for hydroxylation is 1. The molecule has 0 radical (unpaired) electrons. The molecule has 1 aliphatic rings. The van der Waals surface area contributed by atoms with Crippen molar-refractivity contribution in [2.75, 3.05) is 0 Å². The van der Waals surface area contributed by atoms with Crippen molar-refractivity contribution in [2.45, 2.75) is 38.5 Å². The van der Waals surface area contributed by atoms with E-state index in [0.717, 1.165) is 42.5 Å². The number of hydrogen-bond acceptors (Lipinski definition) is 2. The van der Waals surface area contributed by atoms with E-state index in [-0.39, 0.29) is 5.56 Å². The monoisotopic (exact) mass is 288 g/mol. The van der Waals surface area contributed by atoms with Gasteiger partial charge in [-0.1, -0.05) is 36.2 Å². The molecular formula is C16H17ClN2O. The molecule has 0 aliphatic heterocycles. The smallest absolute Gasteiger partial charge is 0.254 e. The zero-order valence-corrected chi connectivity index (χ0v) is 12.0. The van der Waals surface area contributed by atoms with Crippen LogP contribution in [0.2, 0.25) is 5.02 Å². The molecule has 3 nitrogen and oxygen atoms in total. The first-order valence-electron chi connectivity index (χ1n) is 7.08. The lowest BCUT2D eigenvalue weighted by molar-refractivity contribution is 0.708. The van der Waals surface area contributed by atoms with Crippen molar-refractivity contribution in [2.24, 2.45) is 0 Å². The highest BCUT2D eigenvalue weighted by Crippen LogP contribution is 2.19. The predicted molar refractivity (Wildman–Crippen MR) is 80.4 cm³/mol. The van der Waals surface area contributed by atoms with Crippen LogP contribution in [-0.2, 0) is 19.3 Å². The Kier molecular flexibility index (Phi) is 3.88. The summed E-state index contributed by atoms with van der Waals surface area (Å²) in [5.74, 6) is 0.712. The molecule has 0 atom stereocenters. The van der Waals surface area contributed by atoms with Crippen LogP contribution in [0.3, 0.4) is 0 Å². The lowest BCUT2D eigenvalue weighted by atomic mass is 10.1. The summed E-state index contributed by atoms with van der Waals surface area (Å²) in [6.07, 6.45) is 5.72. The maximum atomic E-state index is 12.2. The van der Waals surface area contributed by atoms with Gasteiger partial charge in [0.2, 0.25) is 0 Å². The van der Waals surface area contributed by atoms with Crippen molar-refractivity contribution < 1.29 is 0 Å². The van der Waals surface area contributed by atoms with Gasteiger partial charge in [-0.25, -0.2) is 4.98 Å². The zero-order chi connectivity index (χ0) is 13.9. The molecule has 0 saturated carbocycles. The summed E-state index contributed by atoms with van der Waals surface area (Å²) < 4.78 is 0. The number of nitrogens with zero attached hydrogens (tertiary/aromatic N) is 1. The molecule has 20 heavy (non-hydrogen) atoms. The first-order valence-corrected chi connectivity index (χ1v) is 7.46. The molecule has 104 valence electrons. The minimum absolute atomic E-state index is 0.0268. The lowest BCUT2D eigenvalue weighted by Crippen LogP contribution is -2.20. The van der Waals surface area contributed by atoms with Crippen LogP contribution < -0.4 is 5.56 Å². The first-order chi connectivity index (χ1) is 9.74. The SMILES string of the molecule is O=c1[nH]c(Cc2ccccc2Cl)nc2c1CCCCC2. The number of aromatic amines is 1. The van der Waals surface area contributed by atoms with E-state index in [1.165, 1.54) is 6.42 Å². The van der Waals surface area contributed by atoms with Gasteiger partial charge in [0.25, 0.3) is 5.56 Å². The third kappa shape index (κ3) is 2.78. The average Bonchev–Trinajstić information content (AvgIpc) is 2.67. The molecule has 1 aliphatic carbocycles. The molecule has 1 N–H and O–H groups in total. The topological polar surface area (TPSA) is 45.8 Å². The molecule has 0 spiro atoms. The number of hydrogen-bond donors (Lipinski definition) is 1. The van der Waals surface area contributed by atoms with Gasteiger partial charge in [-0.3, -0.25) is 4.79 Å². The van der Waals surface area contributed by atoms with Gasteiger partial charge in [-0.05, 0) is 37.3 Å². The number of H-pyrrole nitrogens is 1. The molecule has 1 aromatic heterocycles. The van der Waals surface area contributed by atoms with Crippen molar-refractivity contribution in [1.82, 2.24) is 9.97 Å². The third-order valence-corrected chi connectivity index (χ3v) is 4.17. The van der Waals surface area contributed by atoms with Crippen LogP contribution in [0.15, 0.2) is 29.1 Å². The summed E-state index contributed by atoms with van der Waals surface area (Å²) >= 11 is 6.16. The number of nitrogens with one attached hydrogen (secondary N) is 1. The Hall–Kier alpha value is -1.61. The number of benzene rings is 1. The molecule has 0 amide bonds. The van der Waals surface area contributed by atoms with E-state index in [9.17, 15) is 4.79 Å². The van der Waals surface area contributed by atoms with Crippen LogP contribution in [0, 0.1) is 0 Å². The molecule has 0 bridgehead atoms. The van der Waals surface area contributed by atoms with Gasteiger partial charge in [0.15, 0.2) is 0 Å². The van der Waals surface area contributed by atoms with Gasteiger partial charge in [0.05, 0.1) is 5.69 Å². The van der Waals surface area contributed by atoms with E-state index < -0.39 is 0 Å². The first kappa shape index (κ1) is 13.4. The molecular weight excluding hydrogens is 272 g/mol. The predicted octanol–water partition coefficient (Wildman–Crippen LogP) is 3.28. The highest BCUT2D eigenvalue weighted by atomic mass is 35.5. The second kappa shape index (κ2) is 5.80. The maximum Gasteiger partial charge on any atom is 0.254 e. The lowest BCUT2D eigenvalue weighted by Gasteiger charge is -2.08. The summed E-state index contributed by atoms with van der Waals surface area (Å²) in [7, 11) is 0. The average molecular weight is 289 g/mol. The van der Waals surface area contributed by atoms with E-state index in [0.29, 0.717) is 17.3 Å². The van der Waals surface area contributed by atoms with Crippen LogP contribution >= 0.6 is 11.6 Å². The van der Waals surface area contributed by atoms with Crippen LogP contribution in [0.5, 0.6) is 0 Å². The summed E-state index contributed by atoms with van der Waals surface area (Å²) in [6, 6.07) is 7.67. The van der Waals surface area contributed by atoms with E-state index in [4.69, 9.17) is 11.6 Å². The minimum atomic E-state index is 0.0268. The summed E-state index contributed by atoms with van der Waals surface area (Å²) in [5, 5.41) is 0.713. The third-order valence-electron chi connectivity index (χ3n) is 3.81. The van der Waals surface area contributed by atoms with E-state index in [1.807, 2.05) is 24.3 Å². The van der Waals surface area contributed by atoms with Crippen molar-refractivity contribution in [3.63, 3.8) is 0 Å². The van der Waals surface area contributed by atoms with Gasteiger partial charge in [0, 0.05) is 17.0 Å². The van der Waals surface area contributed by atoms with Crippen LogP contribution in [0.4, 0.5) is 0 Å². The summed E-state index contributed by atoms with van der Waals surface area (Å²) in [5.41, 5.74) is 2.88. The van der Waals surface area contributed by atoms with Crippen molar-refractivity contribution in [3.8, 4) is 0 Å². The summed E-state index contributed by atoms with van der Waals surface area (Å²) in [4.78, 5) is 19.8. The van der Waals surface area contributed by atoms with Gasteiger partial charge in [-0.2, -0.15) is 0 Å². The number of fused-ring (bicyclic) bond motifs is 1. The second-order valence-electron chi connectivity index (χ2n) is 5.27. The Labute approximate surface area is 123 Å². The zero-order valence-electron chi connectivity index (χ0n) is 11.3. The fraction of sp³-hybridized carbons (Fsp3) is 0.375. The Bertz CT molecular complexity index is 678. The van der Waals surface area contributed by atoms with E-state index in [2.05, 4.69) is 9.97 Å². The fourth-order valence-electron chi connectivity index (χ4n) is 2.74. The van der Waals surface area contributed by atoms with Gasteiger partial charge in [-0.15, -0.1) is 0 Å². The maximum absolute atomic E-state index is 12.2. The Morgan fingerprint density at radius 3 is 2.80 bits per heavy atom. The molecule has 3 rings (SSSR count). The van der Waals surface area contributed by atoms with E-state index in [1.54, 1.807) is 0 Å². The van der Waals surface area contributed by atoms with Gasteiger partial charge in [0.1, 0.15) is 5.82 Å². The van der Waals surface area contributed by atoms with Crippen LogP contribution in [0.1, 0.15) is 41.9 Å². The largest absolute Gasteiger partial charge is 0.310 e.